The maximum absolute atomic E-state index is 12.2. The van der Waals surface area contributed by atoms with Crippen LogP contribution in [0.15, 0.2) is 24.3 Å². The number of nitrogens with zero attached hydrogens (tertiary/aromatic N) is 1. The van der Waals surface area contributed by atoms with Gasteiger partial charge in [-0.1, -0.05) is 136 Å². The normalized spacial score (nSPS) is 11.0. The number of anilines is 1. The van der Waals surface area contributed by atoms with Gasteiger partial charge in [0.15, 0.2) is 0 Å². The highest BCUT2D eigenvalue weighted by molar-refractivity contribution is 5.94. The summed E-state index contributed by atoms with van der Waals surface area (Å²) in [5.41, 5.74) is 1.84. The molecule has 41 heavy (non-hydrogen) atoms. The number of unbranched alkanes of at least 4 members (excludes halogenated alkanes) is 18. The zero-order chi connectivity index (χ0) is 29.1. The van der Waals surface area contributed by atoms with E-state index >= 15 is 0 Å². The van der Waals surface area contributed by atoms with Crippen molar-refractivity contribution < 1.29 is 4.79 Å². The fourth-order valence-electron chi connectivity index (χ4n) is 5.36. The van der Waals surface area contributed by atoms with Gasteiger partial charge in [-0.05, 0) is 56.1 Å². The average Bonchev–Trinajstić information content (AvgIpc) is 2.94. The van der Waals surface area contributed by atoms with Gasteiger partial charge < -0.3 is 15.5 Å². The van der Waals surface area contributed by atoms with Crippen LogP contribution in [0.25, 0.3) is 0 Å². The lowest BCUT2D eigenvalue weighted by molar-refractivity contribution is 0.0953. The first-order chi connectivity index (χ1) is 19.5. The lowest BCUT2D eigenvalue weighted by Crippen LogP contribution is -2.27. The highest BCUT2D eigenvalue weighted by Gasteiger charge is 2.05. The smallest absolute Gasteiger partial charge is 0.251 e. The summed E-state index contributed by atoms with van der Waals surface area (Å²) >= 11 is 0. The molecule has 1 aromatic rings. The van der Waals surface area contributed by atoms with Crippen LogP contribution in [0.4, 0.5) is 5.69 Å². The van der Waals surface area contributed by atoms with E-state index in [1.807, 2.05) is 43.3 Å². The summed E-state index contributed by atoms with van der Waals surface area (Å²) in [6.07, 6.45) is 29.6. The summed E-state index contributed by atoms with van der Waals surface area (Å²) in [6, 6.07) is 7.75. The third kappa shape index (κ3) is 25.0. The van der Waals surface area contributed by atoms with E-state index in [0.717, 1.165) is 43.2 Å². The minimum absolute atomic E-state index is 0. The summed E-state index contributed by atoms with van der Waals surface area (Å²) in [4.78, 5) is 14.3. The van der Waals surface area contributed by atoms with Gasteiger partial charge in [0.05, 0.1) is 0 Å². The van der Waals surface area contributed by atoms with Gasteiger partial charge in [0.1, 0.15) is 0 Å². The molecular formula is C36H68ClN3O. The zero-order valence-corrected chi connectivity index (χ0v) is 28.4. The maximum atomic E-state index is 12.2. The molecule has 2 N–H and O–H groups in total. The molecule has 1 aromatic carbocycles. The van der Waals surface area contributed by atoms with Crippen LogP contribution in [0.2, 0.25) is 0 Å². The molecule has 0 aromatic heterocycles. The fraction of sp³-hybridized carbons (Fsp3) is 0.806. The van der Waals surface area contributed by atoms with Crippen LogP contribution in [0.3, 0.4) is 0 Å². The number of halogens is 1. The van der Waals surface area contributed by atoms with Crippen LogP contribution in [0.1, 0.15) is 159 Å². The van der Waals surface area contributed by atoms with E-state index in [9.17, 15) is 4.79 Å². The molecule has 0 aliphatic carbocycles. The highest BCUT2D eigenvalue weighted by Crippen LogP contribution is 2.16. The molecule has 0 radical (unpaired) electrons. The van der Waals surface area contributed by atoms with Gasteiger partial charge in [-0.3, -0.25) is 4.79 Å². The van der Waals surface area contributed by atoms with Gasteiger partial charge in [0.25, 0.3) is 5.91 Å². The molecule has 0 bridgehead atoms. The lowest BCUT2D eigenvalue weighted by atomic mass is 10.0. The maximum Gasteiger partial charge on any atom is 0.251 e. The number of carbonyl (C=O) groups is 1. The van der Waals surface area contributed by atoms with E-state index in [2.05, 4.69) is 24.5 Å². The molecular weight excluding hydrogens is 526 g/mol. The molecule has 0 fully saturated rings. The van der Waals surface area contributed by atoms with Crippen LogP contribution in [-0.4, -0.2) is 39.6 Å². The second-order valence-corrected chi connectivity index (χ2v) is 12.7. The van der Waals surface area contributed by atoms with Crippen molar-refractivity contribution in [2.24, 2.45) is 5.92 Å². The summed E-state index contributed by atoms with van der Waals surface area (Å²) in [7, 11) is 4.01. The summed E-state index contributed by atoms with van der Waals surface area (Å²) in [5.74, 6) is 0.901. The number of amides is 1. The third-order valence-corrected chi connectivity index (χ3v) is 8.10. The molecule has 5 heteroatoms. The first-order valence-corrected chi connectivity index (χ1v) is 17.3. The van der Waals surface area contributed by atoms with E-state index in [-0.39, 0.29) is 18.3 Å². The number of hydrogen-bond acceptors (Lipinski definition) is 3. The Morgan fingerprint density at radius 2 is 0.976 bits per heavy atom. The number of nitrogens with one attached hydrogen (secondary N) is 2. The summed E-state index contributed by atoms with van der Waals surface area (Å²) in [5, 5.41) is 6.55. The number of carbonyl (C=O) groups excluding carboxylic acids is 1. The van der Waals surface area contributed by atoms with E-state index < -0.39 is 0 Å². The summed E-state index contributed by atoms with van der Waals surface area (Å²) in [6.45, 7) is 7.47. The predicted molar refractivity (Wildman–Crippen MR) is 185 cm³/mol. The molecule has 0 aliphatic rings. The van der Waals surface area contributed by atoms with Crippen LogP contribution in [0, 0.1) is 5.92 Å². The number of hydrogen-bond donors (Lipinski definition) is 2. The molecule has 0 heterocycles. The zero-order valence-electron chi connectivity index (χ0n) is 27.6. The van der Waals surface area contributed by atoms with Gasteiger partial charge in [-0.15, -0.1) is 12.4 Å². The Morgan fingerprint density at radius 1 is 0.585 bits per heavy atom. The van der Waals surface area contributed by atoms with Crippen molar-refractivity contribution in [3.05, 3.63) is 29.8 Å². The third-order valence-electron chi connectivity index (χ3n) is 8.10. The van der Waals surface area contributed by atoms with Crippen molar-refractivity contribution in [2.45, 2.75) is 149 Å². The lowest BCUT2D eigenvalue weighted by Gasteiger charge is -2.12. The minimum Gasteiger partial charge on any atom is -0.378 e. The molecule has 0 unspecified atom stereocenters. The van der Waals surface area contributed by atoms with Crippen molar-refractivity contribution in [2.75, 3.05) is 38.6 Å². The van der Waals surface area contributed by atoms with Gasteiger partial charge in [-0.25, -0.2) is 0 Å². The molecule has 1 amide bonds. The van der Waals surface area contributed by atoms with Crippen molar-refractivity contribution >= 4 is 24.0 Å². The van der Waals surface area contributed by atoms with Crippen LogP contribution in [-0.2, 0) is 0 Å². The first kappa shape index (κ1) is 39.7. The Balaban J connectivity index is 0.0000160. The van der Waals surface area contributed by atoms with Crippen LogP contribution < -0.4 is 15.5 Å². The minimum atomic E-state index is 0. The van der Waals surface area contributed by atoms with Gasteiger partial charge >= 0.3 is 0 Å². The molecule has 240 valence electrons. The number of benzene rings is 1. The monoisotopic (exact) mass is 594 g/mol. The Labute approximate surface area is 262 Å². The van der Waals surface area contributed by atoms with Crippen molar-refractivity contribution in [1.82, 2.24) is 10.6 Å². The molecule has 0 saturated carbocycles. The van der Waals surface area contributed by atoms with E-state index in [4.69, 9.17) is 0 Å². The second-order valence-electron chi connectivity index (χ2n) is 12.7. The largest absolute Gasteiger partial charge is 0.378 e. The van der Waals surface area contributed by atoms with E-state index in [1.54, 1.807) is 0 Å². The molecule has 0 aliphatic heterocycles. The van der Waals surface area contributed by atoms with Crippen LogP contribution in [0.5, 0.6) is 0 Å². The van der Waals surface area contributed by atoms with E-state index in [1.165, 1.54) is 128 Å². The standard InChI is InChI=1S/C36H67N3O.ClH/c1-33(2)25-22-20-18-16-14-12-10-8-6-5-7-9-11-13-15-17-19-21-23-30-37-31-24-32-38-36(40)34-26-28-35(29-27-34)39(3)4;/h26-29,33,37H,5-25,30-32H2,1-4H3,(H,38,40);1H. The van der Waals surface area contributed by atoms with Crippen molar-refractivity contribution in [3.63, 3.8) is 0 Å². The van der Waals surface area contributed by atoms with Crippen LogP contribution >= 0.6 is 12.4 Å². The Morgan fingerprint density at radius 3 is 1.39 bits per heavy atom. The van der Waals surface area contributed by atoms with Gasteiger partial charge in [-0.2, -0.15) is 0 Å². The molecule has 0 atom stereocenters. The predicted octanol–water partition coefficient (Wildman–Crippen LogP) is 10.3. The van der Waals surface area contributed by atoms with Crippen molar-refractivity contribution in [3.8, 4) is 0 Å². The second kappa shape index (κ2) is 28.8. The van der Waals surface area contributed by atoms with Gasteiger partial charge in [0, 0.05) is 31.9 Å². The molecule has 0 spiro atoms. The van der Waals surface area contributed by atoms with Crippen molar-refractivity contribution in [1.29, 1.82) is 0 Å². The SMILES string of the molecule is CC(C)CCCCCCCCCCCCCCCCCCCCCNCCCNC(=O)c1ccc(N(C)C)cc1.Cl. The average molecular weight is 594 g/mol. The molecule has 1 rings (SSSR count). The fourth-order valence-corrected chi connectivity index (χ4v) is 5.36. The number of rotatable bonds is 28. The molecule has 0 saturated heterocycles. The highest BCUT2D eigenvalue weighted by atomic mass is 35.5. The first-order valence-electron chi connectivity index (χ1n) is 17.3. The Hall–Kier alpha value is -1.26. The Bertz CT molecular complexity index is 693. The van der Waals surface area contributed by atoms with Gasteiger partial charge in [0.2, 0.25) is 0 Å². The summed E-state index contributed by atoms with van der Waals surface area (Å²) < 4.78 is 0. The Kier molecular flexibility index (Phi) is 28.0. The quantitative estimate of drug-likeness (QED) is 0.0950. The topological polar surface area (TPSA) is 44.4 Å². The molecule has 4 nitrogen and oxygen atoms in total. The van der Waals surface area contributed by atoms with E-state index in [0.29, 0.717) is 0 Å².